The Morgan fingerprint density at radius 1 is 1.20 bits per heavy atom. The van der Waals surface area contributed by atoms with Gasteiger partial charge in [-0.05, 0) is 74.1 Å². The molecule has 1 nitrogen and oxygen atoms in total. The van der Waals surface area contributed by atoms with Crippen LogP contribution in [0.15, 0.2) is 24.3 Å². The number of hydrogen-bond donors (Lipinski definition) is 1. The predicted molar refractivity (Wildman–Crippen MR) is 88.2 cm³/mol. The Kier molecular flexibility index (Phi) is 6.09. The van der Waals surface area contributed by atoms with Gasteiger partial charge >= 0.3 is 0 Å². The zero-order chi connectivity index (χ0) is 14.4. The third-order valence-electron chi connectivity index (χ3n) is 5.01. The molecule has 3 atom stereocenters. The highest BCUT2D eigenvalue weighted by Gasteiger charge is 2.23. The van der Waals surface area contributed by atoms with Gasteiger partial charge in [-0.15, -0.1) is 0 Å². The molecule has 20 heavy (non-hydrogen) atoms. The smallest absolute Gasteiger partial charge is 0.00206 e. The van der Waals surface area contributed by atoms with Gasteiger partial charge in [-0.1, -0.05) is 45.0 Å². The van der Waals surface area contributed by atoms with Gasteiger partial charge in [-0.2, -0.15) is 0 Å². The average Bonchev–Trinajstić information content (AvgIpc) is 2.47. The molecule has 2 rings (SSSR count). The van der Waals surface area contributed by atoms with E-state index in [0.717, 1.165) is 24.3 Å². The van der Waals surface area contributed by atoms with E-state index in [2.05, 4.69) is 50.4 Å². The molecule has 0 bridgehead atoms. The van der Waals surface area contributed by atoms with Crippen molar-refractivity contribution in [1.29, 1.82) is 0 Å². The quantitative estimate of drug-likeness (QED) is 0.706. The molecule has 0 heterocycles. The van der Waals surface area contributed by atoms with Crippen LogP contribution in [0.1, 0.15) is 63.5 Å². The third-order valence-corrected chi connectivity index (χ3v) is 5.01. The molecule has 0 amide bonds. The first kappa shape index (κ1) is 15.6. The summed E-state index contributed by atoms with van der Waals surface area (Å²) < 4.78 is 0. The highest BCUT2D eigenvalue weighted by molar-refractivity contribution is 5.32. The number of benzene rings is 1. The summed E-state index contributed by atoms with van der Waals surface area (Å²) in [4.78, 5) is 0. The molecular formula is C19H31N. The lowest BCUT2D eigenvalue weighted by Gasteiger charge is -2.30. The van der Waals surface area contributed by atoms with Crippen LogP contribution in [-0.4, -0.2) is 13.1 Å². The molecule has 112 valence electrons. The molecular weight excluding hydrogens is 242 g/mol. The van der Waals surface area contributed by atoms with Gasteiger partial charge in [-0.3, -0.25) is 0 Å². The molecule has 0 radical (unpaired) electrons. The van der Waals surface area contributed by atoms with E-state index in [-0.39, 0.29) is 0 Å². The van der Waals surface area contributed by atoms with Crippen molar-refractivity contribution in [1.82, 2.24) is 5.32 Å². The van der Waals surface area contributed by atoms with Crippen molar-refractivity contribution in [3.05, 3.63) is 35.4 Å². The van der Waals surface area contributed by atoms with Crippen molar-refractivity contribution >= 4 is 0 Å². The molecule has 1 aromatic carbocycles. The zero-order valence-electron chi connectivity index (χ0n) is 13.5. The molecule has 1 aliphatic carbocycles. The predicted octanol–water partition coefficient (Wildman–Crippen LogP) is 4.77. The summed E-state index contributed by atoms with van der Waals surface area (Å²) in [6.45, 7) is 9.41. The number of fused-ring (bicyclic) bond motifs is 1. The van der Waals surface area contributed by atoms with Crippen LogP contribution in [0.2, 0.25) is 0 Å². The van der Waals surface area contributed by atoms with Crippen LogP contribution in [0.4, 0.5) is 0 Å². The van der Waals surface area contributed by atoms with E-state index < -0.39 is 0 Å². The van der Waals surface area contributed by atoms with Gasteiger partial charge in [0.05, 0.1) is 0 Å². The molecule has 0 fully saturated rings. The Morgan fingerprint density at radius 3 is 2.80 bits per heavy atom. The van der Waals surface area contributed by atoms with Gasteiger partial charge < -0.3 is 5.32 Å². The van der Waals surface area contributed by atoms with E-state index in [1.165, 1.54) is 38.6 Å². The summed E-state index contributed by atoms with van der Waals surface area (Å²) in [5, 5.41) is 3.57. The lowest BCUT2D eigenvalue weighted by Crippen LogP contribution is -2.27. The second kappa shape index (κ2) is 7.83. The molecule has 3 unspecified atom stereocenters. The fourth-order valence-corrected chi connectivity index (χ4v) is 3.49. The lowest BCUT2D eigenvalue weighted by molar-refractivity contribution is 0.314. The molecule has 1 N–H and O–H groups in total. The van der Waals surface area contributed by atoms with Crippen molar-refractivity contribution in [2.45, 2.75) is 58.8 Å². The van der Waals surface area contributed by atoms with E-state index in [1.54, 1.807) is 11.1 Å². The molecule has 0 aromatic heterocycles. The van der Waals surface area contributed by atoms with Crippen LogP contribution in [-0.2, 0) is 6.42 Å². The van der Waals surface area contributed by atoms with E-state index in [0.29, 0.717) is 0 Å². The fourth-order valence-electron chi connectivity index (χ4n) is 3.49. The monoisotopic (exact) mass is 273 g/mol. The van der Waals surface area contributed by atoms with Gasteiger partial charge in [-0.25, -0.2) is 0 Å². The second-order valence-corrected chi connectivity index (χ2v) is 6.68. The van der Waals surface area contributed by atoms with E-state index in [1.807, 2.05) is 0 Å². The van der Waals surface area contributed by atoms with Crippen molar-refractivity contribution in [3.8, 4) is 0 Å². The van der Waals surface area contributed by atoms with Crippen LogP contribution in [0, 0.1) is 11.8 Å². The van der Waals surface area contributed by atoms with E-state index in [4.69, 9.17) is 0 Å². The maximum absolute atomic E-state index is 3.57. The average molecular weight is 273 g/mol. The first-order chi connectivity index (χ1) is 9.72. The van der Waals surface area contributed by atoms with Gasteiger partial charge in [0.25, 0.3) is 0 Å². The minimum Gasteiger partial charge on any atom is -0.316 e. The third kappa shape index (κ3) is 4.09. The highest BCUT2D eigenvalue weighted by Crippen LogP contribution is 2.37. The van der Waals surface area contributed by atoms with Crippen LogP contribution in [0.3, 0.4) is 0 Å². The van der Waals surface area contributed by atoms with Gasteiger partial charge in [0, 0.05) is 0 Å². The van der Waals surface area contributed by atoms with Gasteiger partial charge in [0.1, 0.15) is 0 Å². The van der Waals surface area contributed by atoms with Crippen LogP contribution >= 0.6 is 0 Å². The number of nitrogens with one attached hydrogen (secondary N) is 1. The van der Waals surface area contributed by atoms with Crippen LogP contribution < -0.4 is 5.32 Å². The molecule has 1 heteroatoms. The lowest BCUT2D eigenvalue weighted by atomic mass is 9.76. The number of aryl methyl sites for hydroxylation is 1. The van der Waals surface area contributed by atoms with Crippen molar-refractivity contribution in [3.63, 3.8) is 0 Å². The minimum absolute atomic E-state index is 0.774. The second-order valence-electron chi connectivity index (χ2n) is 6.68. The first-order valence-corrected chi connectivity index (χ1v) is 8.50. The zero-order valence-corrected chi connectivity index (χ0v) is 13.5. The standard InChI is InChI=1S/C19H31N/c1-4-12-20-14-16(3)15(2)13-18-10-7-9-17-8-5-6-11-19(17)18/h5-6,8,11,15-16,18,20H,4,7,9-10,12-14H2,1-3H3. The van der Waals surface area contributed by atoms with E-state index >= 15 is 0 Å². The van der Waals surface area contributed by atoms with E-state index in [9.17, 15) is 0 Å². The molecule has 0 saturated carbocycles. The Labute approximate surface area is 125 Å². The summed E-state index contributed by atoms with van der Waals surface area (Å²) in [7, 11) is 0. The van der Waals surface area contributed by atoms with Crippen molar-refractivity contribution in [2.75, 3.05) is 13.1 Å². The van der Waals surface area contributed by atoms with Gasteiger partial charge in [0.15, 0.2) is 0 Å². The summed E-state index contributed by atoms with van der Waals surface area (Å²) in [5.41, 5.74) is 3.24. The Balaban J connectivity index is 1.90. The summed E-state index contributed by atoms with van der Waals surface area (Å²) in [6.07, 6.45) is 6.63. The number of rotatable bonds is 7. The maximum atomic E-state index is 3.57. The summed E-state index contributed by atoms with van der Waals surface area (Å²) in [5.74, 6) is 2.37. The van der Waals surface area contributed by atoms with Crippen molar-refractivity contribution in [2.24, 2.45) is 11.8 Å². The Bertz CT molecular complexity index is 399. The number of hydrogen-bond acceptors (Lipinski definition) is 1. The first-order valence-electron chi connectivity index (χ1n) is 8.50. The molecule has 1 aromatic rings. The Hall–Kier alpha value is -0.820. The topological polar surface area (TPSA) is 12.0 Å². The fraction of sp³-hybridized carbons (Fsp3) is 0.684. The minimum atomic E-state index is 0.774. The summed E-state index contributed by atoms with van der Waals surface area (Å²) >= 11 is 0. The normalized spacial score (nSPS) is 21.2. The summed E-state index contributed by atoms with van der Waals surface area (Å²) in [6, 6.07) is 9.11. The SMILES string of the molecule is CCCNCC(C)C(C)CC1CCCc2ccccc21. The Morgan fingerprint density at radius 2 is 2.00 bits per heavy atom. The molecule has 0 spiro atoms. The maximum Gasteiger partial charge on any atom is -0.00206 e. The van der Waals surface area contributed by atoms with Gasteiger partial charge in [0.2, 0.25) is 0 Å². The van der Waals surface area contributed by atoms with Crippen LogP contribution in [0.25, 0.3) is 0 Å². The largest absolute Gasteiger partial charge is 0.316 e. The molecule has 0 aliphatic heterocycles. The molecule has 1 aliphatic rings. The van der Waals surface area contributed by atoms with Crippen LogP contribution in [0.5, 0.6) is 0 Å². The van der Waals surface area contributed by atoms with Crippen molar-refractivity contribution < 1.29 is 0 Å². The molecule has 0 saturated heterocycles. The highest BCUT2D eigenvalue weighted by atomic mass is 14.8.